The van der Waals surface area contributed by atoms with Crippen molar-refractivity contribution in [3.63, 3.8) is 0 Å². The van der Waals surface area contributed by atoms with E-state index in [-0.39, 0.29) is 0 Å². The van der Waals surface area contributed by atoms with Gasteiger partial charge in [0.2, 0.25) is 0 Å². The highest BCUT2D eigenvalue weighted by atomic mass is 16.4. The fourth-order valence-corrected chi connectivity index (χ4v) is 0.743. The van der Waals surface area contributed by atoms with E-state index in [0.717, 1.165) is 5.57 Å². The van der Waals surface area contributed by atoms with E-state index in [0.29, 0.717) is 6.54 Å². The Labute approximate surface area is 88.0 Å². The van der Waals surface area contributed by atoms with Crippen LogP contribution in [-0.2, 0) is 4.79 Å². The second-order valence-corrected chi connectivity index (χ2v) is 3.21. The molecule has 0 aliphatic heterocycles. The number of aliphatic hydroxyl groups excluding tert-OH is 1. The maximum Gasteiger partial charge on any atom is 0.328 e. The van der Waals surface area contributed by atoms with Gasteiger partial charge in [0.25, 0.3) is 0 Å². The molecule has 4 N–H and O–H groups in total. The van der Waals surface area contributed by atoms with E-state index in [9.17, 15) is 9.59 Å². The third-order valence-electron chi connectivity index (χ3n) is 1.56. The van der Waals surface area contributed by atoms with Gasteiger partial charge in [0, 0.05) is 6.54 Å². The van der Waals surface area contributed by atoms with Gasteiger partial charge in [-0.3, -0.25) is 0 Å². The van der Waals surface area contributed by atoms with Crippen molar-refractivity contribution < 1.29 is 19.8 Å². The predicted octanol–water partition coefficient (Wildman–Crippen LogP) is -0.303. The van der Waals surface area contributed by atoms with Crippen molar-refractivity contribution in [3.05, 3.63) is 11.6 Å². The van der Waals surface area contributed by atoms with E-state index >= 15 is 0 Å². The molecule has 0 spiro atoms. The summed E-state index contributed by atoms with van der Waals surface area (Å²) in [6, 6.07) is -1.88. The summed E-state index contributed by atoms with van der Waals surface area (Å²) in [7, 11) is 0. The Hall–Kier alpha value is -1.56. The van der Waals surface area contributed by atoms with Crippen LogP contribution in [0.2, 0.25) is 0 Å². The number of urea groups is 1. The smallest absolute Gasteiger partial charge is 0.328 e. The first-order valence-corrected chi connectivity index (χ1v) is 4.48. The predicted molar refractivity (Wildman–Crippen MR) is 54.5 cm³/mol. The maximum absolute atomic E-state index is 11.1. The molecule has 0 aromatic carbocycles. The summed E-state index contributed by atoms with van der Waals surface area (Å²) in [6.07, 6.45) is 1.79. The van der Waals surface area contributed by atoms with Crippen molar-refractivity contribution in [1.29, 1.82) is 0 Å². The molecule has 0 bridgehead atoms. The van der Waals surface area contributed by atoms with Crippen LogP contribution in [0.25, 0.3) is 0 Å². The molecular weight excluding hydrogens is 200 g/mol. The van der Waals surface area contributed by atoms with Crippen LogP contribution in [0.4, 0.5) is 4.79 Å². The zero-order valence-corrected chi connectivity index (χ0v) is 8.78. The minimum atomic E-state index is -1.27. The van der Waals surface area contributed by atoms with Gasteiger partial charge in [0.1, 0.15) is 0 Å². The molecule has 0 saturated carbocycles. The standard InChI is InChI=1S/C9H16N2O4/c1-6(2)3-4-10-9(15)11-7(5-12)8(13)14/h3,7,12H,4-5H2,1-2H3,(H,13,14)(H2,10,11,15). The van der Waals surface area contributed by atoms with E-state index in [2.05, 4.69) is 10.6 Å². The van der Waals surface area contributed by atoms with Gasteiger partial charge in [0.05, 0.1) is 6.61 Å². The number of carbonyl (C=O) groups is 2. The zero-order valence-electron chi connectivity index (χ0n) is 8.78. The highest BCUT2D eigenvalue weighted by Gasteiger charge is 2.17. The van der Waals surface area contributed by atoms with E-state index in [1.165, 1.54) is 0 Å². The Morgan fingerprint density at radius 2 is 2.00 bits per heavy atom. The third kappa shape index (κ3) is 6.50. The van der Waals surface area contributed by atoms with E-state index in [4.69, 9.17) is 10.2 Å². The summed E-state index contributed by atoms with van der Waals surface area (Å²) in [5.41, 5.74) is 1.05. The van der Waals surface area contributed by atoms with Gasteiger partial charge in [0.15, 0.2) is 6.04 Å². The highest BCUT2D eigenvalue weighted by molar-refractivity contribution is 5.82. The Balaban J connectivity index is 3.92. The number of carboxylic acid groups (broad SMARTS) is 1. The molecule has 0 aliphatic carbocycles. The first-order chi connectivity index (χ1) is 6.97. The van der Waals surface area contributed by atoms with Crippen LogP contribution < -0.4 is 10.6 Å². The normalized spacial score (nSPS) is 11.4. The summed E-state index contributed by atoms with van der Waals surface area (Å²) >= 11 is 0. The lowest BCUT2D eigenvalue weighted by atomic mass is 10.3. The Bertz CT molecular complexity index is 259. The number of allylic oxidation sites excluding steroid dienone is 1. The van der Waals surface area contributed by atoms with Crippen LogP contribution in [0, 0.1) is 0 Å². The third-order valence-corrected chi connectivity index (χ3v) is 1.56. The summed E-state index contributed by atoms with van der Waals surface area (Å²) in [5.74, 6) is -1.27. The number of aliphatic carboxylic acids is 1. The van der Waals surface area contributed by atoms with Crippen LogP contribution in [0.15, 0.2) is 11.6 Å². The number of amides is 2. The average molecular weight is 216 g/mol. The lowest BCUT2D eigenvalue weighted by Gasteiger charge is -2.11. The molecule has 0 saturated heterocycles. The Morgan fingerprint density at radius 3 is 2.40 bits per heavy atom. The Kier molecular flexibility index (Phi) is 6.12. The number of hydrogen-bond donors (Lipinski definition) is 4. The Morgan fingerprint density at radius 1 is 1.40 bits per heavy atom. The molecular formula is C9H16N2O4. The summed E-state index contributed by atoms with van der Waals surface area (Å²) in [5, 5.41) is 21.7. The van der Waals surface area contributed by atoms with Crippen molar-refractivity contribution in [2.24, 2.45) is 0 Å². The maximum atomic E-state index is 11.1. The molecule has 15 heavy (non-hydrogen) atoms. The number of nitrogens with one attached hydrogen (secondary N) is 2. The van der Waals surface area contributed by atoms with Crippen molar-refractivity contribution in [1.82, 2.24) is 10.6 Å². The van der Waals surface area contributed by atoms with Crippen LogP contribution in [0.3, 0.4) is 0 Å². The van der Waals surface area contributed by atoms with Gasteiger partial charge in [-0.15, -0.1) is 0 Å². The van der Waals surface area contributed by atoms with E-state index in [1.54, 1.807) is 6.08 Å². The second-order valence-electron chi connectivity index (χ2n) is 3.21. The van der Waals surface area contributed by atoms with Gasteiger partial charge in [-0.1, -0.05) is 11.6 Å². The number of rotatable bonds is 5. The minimum Gasteiger partial charge on any atom is -0.480 e. The molecule has 0 aromatic heterocycles. The molecule has 0 heterocycles. The SMILES string of the molecule is CC(C)=CCNC(=O)NC(CO)C(=O)O. The molecule has 86 valence electrons. The van der Waals surface area contributed by atoms with Crippen LogP contribution in [0.5, 0.6) is 0 Å². The van der Waals surface area contributed by atoms with Gasteiger partial charge < -0.3 is 20.8 Å². The van der Waals surface area contributed by atoms with Crippen molar-refractivity contribution >= 4 is 12.0 Å². The molecule has 0 aliphatic rings. The summed E-state index contributed by atoms with van der Waals surface area (Å²) in [6.45, 7) is 3.46. The number of carbonyl (C=O) groups excluding carboxylic acids is 1. The lowest BCUT2D eigenvalue weighted by Crippen LogP contribution is -2.47. The van der Waals surface area contributed by atoms with Gasteiger partial charge in [-0.25, -0.2) is 9.59 Å². The quantitative estimate of drug-likeness (QED) is 0.474. The summed E-state index contributed by atoms with van der Waals surface area (Å²) in [4.78, 5) is 21.5. The molecule has 0 aromatic rings. The van der Waals surface area contributed by atoms with Crippen LogP contribution in [-0.4, -0.2) is 41.4 Å². The second kappa shape index (κ2) is 6.83. The van der Waals surface area contributed by atoms with Gasteiger partial charge in [-0.05, 0) is 13.8 Å². The largest absolute Gasteiger partial charge is 0.480 e. The minimum absolute atomic E-state index is 0.325. The molecule has 1 atom stereocenters. The van der Waals surface area contributed by atoms with E-state index < -0.39 is 24.6 Å². The fourth-order valence-electron chi connectivity index (χ4n) is 0.743. The van der Waals surface area contributed by atoms with Crippen molar-refractivity contribution in [2.45, 2.75) is 19.9 Å². The first-order valence-electron chi connectivity index (χ1n) is 4.48. The zero-order chi connectivity index (χ0) is 11.8. The van der Waals surface area contributed by atoms with E-state index in [1.807, 2.05) is 13.8 Å². The van der Waals surface area contributed by atoms with Gasteiger partial charge >= 0.3 is 12.0 Å². The van der Waals surface area contributed by atoms with Crippen LogP contribution in [0.1, 0.15) is 13.8 Å². The number of aliphatic hydroxyl groups is 1. The molecule has 0 fully saturated rings. The molecule has 6 heteroatoms. The molecule has 2 amide bonds. The fraction of sp³-hybridized carbons (Fsp3) is 0.556. The van der Waals surface area contributed by atoms with Crippen LogP contribution >= 0.6 is 0 Å². The van der Waals surface area contributed by atoms with Crippen molar-refractivity contribution in [3.8, 4) is 0 Å². The molecule has 0 rings (SSSR count). The molecule has 6 nitrogen and oxygen atoms in total. The first kappa shape index (κ1) is 13.4. The summed E-state index contributed by atoms with van der Waals surface area (Å²) < 4.78 is 0. The van der Waals surface area contributed by atoms with Crippen molar-refractivity contribution in [2.75, 3.05) is 13.2 Å². The molecule has 1 unspecified atom stereocenters. The average Bonchev–Trinajstić information content (AvgIpc) is 2.13. The lowest BCUT2D eigenvalue weighted by molar-refractivity contribution is -0.140. The monoisotopic (exact) mass is 216 g/mol. The number of carboxylic acids is 1. The molecule has 0 radical (unpaired) electrons. The highest BCUT2D eigenvalue weighted by Crippen LogP contribution is 1.86. The van der Waals surface area contributed by atoms with Gasteiger partial charge in [-0.2, -0.15) is 0 Å². The number of hydrogen-bond acceptors (Lipinski definition) is 3. The topological polar surface area (TPSA) is 98.7 Å².